The number of piperidine rings is 1. The Labute approximate surface area is 242 Å². The number of hydrogen-bond donors (Lipinski definition) is 0. The number of rotatable bonds is 9. The number of amides is 1. The minimum atomic E-state index is -0.0260. The van der Waals surface area contributed by atoms with E-state index in [0.717, 1.165) is 51.4 Å². The second-order valence-electron chi connectivity index (χ2n) is 10.1. The summed E-state index contributed by atoms with van der Waals surface area (Å²) in [5.74, 6) is 3.08. The molecule has 6 nitrogen and oxygen atoms in total. The Morgan fingerprint density at radius 1 is 0.825 bits per heavy atom. The maximum absolute atomic E-state index is 12.4. The van der Waals surface area contributed by atoms with E-state index in [0.29, 0.717) is 12.2 Å². The molecule has 0 bridgehead atoms. The summed E-state index contributed by atoms with van der Waals surface area (Å²) >= 11 is 0. The van der Waals surface area contributed by atoms with E-state index < -0.39 is 0 Å². The zero-order valence-electron chi connectivity index (χ0n) is 23.4. The van der Waals surface area contributed by atoms with Crippen LogP contribution < -0.4 is 14.2 Å². The molecular weight excluding hydrogens is 524 g/mol. The Bertz CT molecular complexity index is 1420. The van der Waals surface area contributed by atoms with Gasteiger partial charge in [-0.25, -0.2) is 0 Å². The summed E-state index contributed by atoms with van der Waals surface area (Å²) in [7, 11) is 5.18. The summed E-state index contributed by atoms with van der Waals surface area (Å²) in [5.41, 5.74) is 2.56. The Kier molecular flexibility index (Phi) is 9.91. The molecule has 0 N–H and O–H groups in total. The first kappa shape index (κ1) is 29.2. The summed E-state index contributed by atoms with van der Waals surface area (Å²) in [5, 5.41) is 1.99. The number of methoxy groups -OCH3 is 1. The summed E-state index contributed by atoms with van der Waals surface area (Å²) in [6, 6.07) is 25.5. The van der Waals surface area contributed by atoms with Gasteiger partial charge >= 0.3 is 0 Å². The van der Waals surface area contributed by atoms with Gasteiger partial charge in [-0.15, -0.1) is 12.4 Å². The number of ether oxygens (including phenoxy) is 3. The van der Waals surface area contributed by atoms with Crippen molar-refractivity contribution >= 4 is 29.1 Å². The normalized spacial score (nSPS) is 13.4. The van der Waals surface area contributed by atoms with Gasteiger partial charge in [-0.05, 0) is 97.5 Å². The molecule has 210 valence electrons. The van der Waals surface area contributed by atoms with Crippen LogP contribution in [0.5, 0.6) is 23.0 Å². The summed E-state index contributed by atoms with van der Waals surface area (Å²) < 4.78 is 18.0. The third-order valence-electron chi connectivity index (χ3n) is 7.20. The molecule has 0 radical (unpaired) electrons. The van der Waals surface area contributed by atoms with Gasteiger partial charge in [0.2, 0.25) is 0 Å². The second-order valence-corrected chi connectivity index (χ2v) is 10.1. The van der Waals surface area contributed by atoms with Crippen molar-refractivity contribution in [2.45, 2.75) is 19.3 Å². The van der Waals surface area contributed by atoms with Gasteiger partial charge < -0.3 is 19.1 Å². The molecule has 4 aromatic rings. The molecular formula is C33H37ClN2O4. The Hall–Kier alpha value is -3.74. The van der Waals surface area contributed by atoms with Gasteiger partial charge in [-0.2, -0.15) is 0 Å². The summed E-state index contributed by atoms with van der Waals surface area (Å²) in [6.45, 7) is 3.98. The van der Waals surface area contributed by atoms with Crippen molar-refractivity contribution in [3.8, 4) is 34.1 Å². The Balaban J connectivity index is 0.00000370. The monoisotopic (exact) mass is 560 g/mol. The molecule has 5 rings (SSSR count). The molecule has 1 heterocycles. The zero-order chi connectivity index (χ0) is 27.2. The van der Waals surface area contributed by atoms with Gasteiger partial charge in [-0.1, -0.05) is 24.6 Å². The highest BCUT2D eigenvalue weighted by Crippen LogP contribution is 2.41. The molecule has 0 aromatic heterocycles. The maximum atomic E-state index is 12.4. The van der Waals surface area contributed by atoms with Crippen molar-refractivity contribution in [1.29, 1.82) is 0 Å². The van der Waals surface area contributed by atoms with Gasteiger partial charge in [0.05, 0.1) is 7.11 Å². The Morgan fingerprint density at radius 3 is 2.17 bits per heavy atom. The predicted octanol–water partition coefficient (Wildman–Crippen LogP) is 7.30. The maximum Gasteiger partial charge on any atom is 0.253 e. The molecule has 1 aliphatic rings. The van der Waals surface area contributed by atoms with E-state index >= 15 is 0 Å². The zero-order valence-corrected chi connectivity index (χ0v) is 24.2. The van der Waals surface area contributed by atoms with E-state index in [-0.39, 0.29) is 18.3 Å². The molecule has 1 saturated heterocycles. The van der Waals surface area contributed by atoms with Crippen molar-refractivity contribution in [3.63, 3.8) is 0 Å². The lowest BCUT2D eigenvalue weighted by molar-refractivity contribution is 0.0827. The van der Waals surface area contributed by atoms with E-state index in [1.807, 2.05) is 66.7 Å². The van der Waals surface area contributed by atoms with Crippen LogP contribution in [0.1, 0.15) is 29.6 Å². The summed E-state index contributed by atoms with van der Waals surface area (Å²) in [6.07, 6.45) is 3.91. The summed E-state index contributed by atoms with van der Waals surface area (Å²) in [4.78, 5) is 16.4. The van der Waals surface area contributed by atoms with Gasteiger partial charge in [-0.3, -0.25) is 9.69 Å². The average Bonchev–Trinajstić information content (AvgIpc) is 2.98. The first-order valence-corrected chi connectivity index (χ1v) is 13.6. The number of fused-ring (bicyclic) bond motifs is 1. The number of hydrogen-bond acceptors (Lipinski definition) is 5. The molecule has 1 amide bonds. The minimum absolute atomic E-state index is 0. The minimum Gasteiger partial charge on any atom is -0.497 e. The van der Waals surface area contributed by atoms with Crippen LogP contribution in [0.15, 0.2) is 78.9 Å². The van der Waals surface area contributed by atoms with Crippen LogP contribution in [0.3, 0.4) is 0 Å². The number of carbonyl (C=O) groups is 1. The Morgan fingerprint density at radius 2 is 1.50 bits per heavy atom. The van der Waals surface area contributed by atoms with Crippen LogP contribution in [0, 0.1) is 0 Å². The van der Waals surface area contributed by atoms with Crippen LogP contribution >= 0.6 is 12.4 Å². The fraction of sp³-hybridized carbons (Fsp3) is 0.303. The van der Waals surface area contributed by atoms with E-state index in [9.17, 15) is 4.79 Å². The van der Waals surface area contributed by atoms with Crippen LogP contribution in [-0.4, -0.2) is 63.2 Å². The highest BCUT2D eigenvalue weighted by atomic mass is 35.5. The first-order valence-electron chi connectivity index (χ1n) is 13.6. The lowest BCUT2D eigenvalue weighted by atomic mass is 9.98. The van der Waals surface area contributed by atoms with E-state index in [4.69, 9.17) is 14.2 Å². The number of carbonyl (C=O) groups excluding carboxylic acids is 1. The number of nitrogens with zero attached hydrogens (tertiary/aromatic N) is 2. The molecule has 1 aliphatic heterocycles. The number of benzene rings is 4. The van der Waals surface area contributed by atoms with Gasteiger partial charge in [0.25, 0.3) is 5.91 Å². The molecule has 7 heteroatoms. The topological polar surface area (TPSA) is 51.2 Å². The number of likely N-dealkylation sites (tertiary alicyclic amines) is 1. The molecule has 0 atom stereocenters. The van der Waals surface area contributed by atoms with Crippen molar-refractivity contribution in [1.82, 2.24) is 9.80 Å². The quantitative estimate of drug-likeness (QED) is 0.215. The highest BCUT2D eigenvalue weighted by molar-refractivity contribution is 5.97. The standard InChI is InChI=1S/C33H36N2O4.ClH/c1-34(2)33(36)25-9-7-24(8-10-25)30-17-11-26-23-29(37-3)16-18-31(26)32(30)39-28-14-12-27(13-15-28)38-22-21-35-19-5-4-6-20-35;/h7-18,23H,4-6,19-22H2,1-3H3;1H. The van der Waals surface area contributed by atoms with Gasteiger partial charge in [0.1, 0.15) is 29.6 Å². The van der Waals surface area contributed by atoms with Crippen LogP contribution in [0.25, 0.3) is 21.9 Å². The largest absolute Gasteiger partial charge is 0.497 e. The molecule has 0 saturated carbocycles. The third kappa shape index (κ3) is 6.87. The first-order chi connectivity index (χ1) is 19.0. The van der Waals surface area contributed by atoms with Crippen molar-refractivity contribution in [2.75, 3.05) is 47.4 Å². The van der Waals surface area contributed by atoms with Crippen molar-refractivity contribution in [3.05, 3.63) is 84.4 Å². The number of halogens is 1. The van der Waals surface area contributed by atoms with Crippen LogP contribution in [0.4, 0.5) is 0 Å². The molecule has 1 fully saturated rings. The SMILES string of the molecule is COc1ccc2c(Oc3ccc(OCCN4CCCCC4)cc3)c(-c3ccc(C(=O)N(C)C)cc3)ccc2c1.Cl. The van der Waals surface area contributed by atoms with Crippen LogP contribution in [-0.2, 0) is 0 Å². The van der Waals surface area contributed by atoms with E-state index in [2.05, 4.69) is 17.0 Å². The fourth-order valence-corrected chi connectivity index (χ4v) is 4.99. The second kappa shape index (κ2) is 13.6. The van der Waals surface area contributed by atoms with Crippen LogP contribution in [0.2, 0.25) is 0 Å². The predicted molar refractivity (Wildman–Crippen MR) is 164 cm³/mol. The molecule has 0 unspecified atom stereocenters. The third-order valence-corrected chi connectivity index (χ3v) is 7.20. The average molecular weight is 561 g/mol. The molecule has 0 aliphatic carbocycles. The van der Waals surface area contributed by atoms with Gasteiger partial charge in [0.15, 0.2) is 0 Å². The molecule has 40 heavy (non-hydrogen) atoms. The highest BCUT2D eigenvalue weighted by Gasteiger charge is 2.15. The lowest BCUT2D eigenvalue weighted by Crippen LogP contribution is -2.33. The van der Waals surface area contributed by atoms with Crippen molar-refractivity contribution < 1.29 is 19.0 Å². The van der Waals surface area contributed by atoms with E-state index in [1.54, 1.807) is 26.1 Å². The lowest BCUT2D eigenvalue weighted by Gasteiger charge is -2.26. The van der Waals surface area contributed by atoms with Crippen molar-refractivity contribution in [2.24, 2.45) is 0 Å². The van der Waals surface area contributed by atoms with Gasteiger partial charge in [0, 0.05) is 37.2 Å². The smallest absolute Gasteiger partial charge is 0.253 e. The molecule has 4 aromatic carbocycles. The molecule has 0 spiro atoms. The van der Waals surface area contributed by atoms with E-state index in [1.165, 1.54) is 32.4 Å². The fourth-order valence-electron chi connectivity index (χ4n) is 4.99.